The van der Waals surface area contributed by atoms with Gasteiger partial charge in [-0.05, 0) is 18.6 Å². The van der Waals surface area contributed by atoms with Crippen LogP contribution in [0.15, 0.2) is 18.2 Å². The predicted molar refractivity (Wildman–Crippen MR) is 93.5 cm³/mol. The summed E-state index contributed by atoms with van der Waals surface area (Å²) < 4.78 is 0. The maximum absolute atomic E-state index is 12.6. The van der Waals surface area contributed by atoms with Crippen molar-refractivity contribution in [2.45, 2.75) is 12.5 Å². The number of nitro groups is 1. The third kappa shape index (κ3) is 3.77. The monoisotopic (exact) mass is 355 g/mol. The van der Waals surface area contributed by atoms with Gasteiger partial charge in [0.1, 0.15) is 5.69 Å². The van der Waals surface area contributed by atoms with Gasteiger partial charge in [-0.1, -0.05) is 0 Å². The summed E-state index contributed by atoms with van der Waals surface area (Å²) >= 11 is 0. The SMILES string of the molecule is Cl.Nc1ccc(C(=O)N2CCC(N3CCNCC3)C2)cc1[N+](=O)[O-]. The maximum Gasteiger partial charge on any atom is 0.292 e. The quantitative estimate of drug-likeness (QED) is 0.470. The van der Waals surface area contributed by atoms with Crippen LogP contribution in [0.4, 0.5) is 11.4 Å². The molecular weight excluding hydrogens is 334 g/mol. The topological polar surface area (TPSA) is 105 Å². The molecule has 9 heteroatoms. The molecule has 2 aliphatic rings. The number of nitro benzene ring substituents is 1. The minimum absolute atomic E-state index is 0. The van der Waals surface area contributed by atoms with Crippen LogP contribution in [0.25, 0.3) is 0 Å². The molecule has 1 unspecified atom stereocenters. The number of amides is 1. The molecule has 0 aliphatic carbocycles. The summed E-state index contributed by atoms with van der Waals surface area (Å²) in [4.78, 5) is 27.2. The maximum atomic E-state index is 12.6. The Kier molecular flexibility index (Phi) is 5.98. The van der Waals surface area contributed by atoms with Crippen molar-refractivity contribution in [2.75, 3.05) is 45.0 Å². The van der Waals surface area contributed by atoms with Crippen molar-refractivity contribution in [3.63, 3.8) is 0 Å². The predicted octanol–water partition coefficient (Wildman–Crippen LogP) is 0.719. The van der Waals surface area contributed by atoms with E-state index in [-0.39, 0.29) is 29.7 Å². The molecule has 1 aromatic rings. The lowest BCUT2D eigenvalue weighted by Crippen LogP contribution is -2.49. The van der Waals surface area contributed by atoms with Gasteiger partial charge >= 0.3 is 0 Å². The molecule has 3 N–H and O–H groups in total. The first-order chi connectivity index (χ1) is 11.1. The number of nitrogen functional groups attached to an aromatic ring is 1. The summed E-state index contributed by atoms with van der Waals surface area (Å²) in [5.41, 5.74) is 5.77. The second-order valence-electron chi connectivity index (χ2n) is 6.01. The van der Waals surface area contributed by atoms with E-state index in [1.807, 2.05) is 0 Å². The van der Waals surface area contributed by atoms with E-state index in [1.165, 1.54) is 12.1 Å². The molecular formula is C15H22ClN5O3. The molecule has 8 nitrogen and oxygen atoms in total. The van der Waals surface area contributed by atoms with Gasteiger partial charge in [0.2, 0.25) is 0 Å². The van der Waals surface area contributed by atoms with Gasteiger partial charge < -0.3 is 16.0 Å². The number of halogens is 1. The van der Waals surface area contributed by atoms with Crippen molar-refractivity contribution in [1.82, 2.24) is 15.1 Å². The van der Waals surface area contributed by atoms with Crippen LogP contribution in [-0.4, -0.2) is 65.9 Å². The highest BCUT2D eigenvalue weighted by molar-refractivity contribution is 5.95. The second-order valence-corrected chi connectivity index (χ2v) is 6.01. The van der Waals surface area contributed by atoms with Crippen LogP contribution in [-0.2, 0) is 0 Å². The zero-order valence-corrected chi connectivity index (χ0v) is 14.1. The van der Waals surface area contributed by atoms with Crippen molar-refractivity contribution in [3.05, 3.63) is 33.9 Å². The van der Waals surface area contributed by atoms with E-state index in [9.17, 15) is 14.9 Å². The fourth-order valence-corrected chi connectivity index (χ4v) is 3.29. The number of carbonyl (C=O) groups excluding carboxylic acids is 1. The molecule has 0 bridgehead atoms. The molecule has 24 heavy (non-hydrogen) atoms. The summed E-state index contributed by atoms with van der Waals surface area (Å²) in [6.07, 6.45) is 0.947. The number of anilines is 1. The molecule has 1 aromatic carbocycles. The lowest BCUT2D eigenvalue weighted by atomic mass is 10.1. The molecule has 0 saturated carbocycles. The normalized spacial score (nSPS) is 21.3. The number of hydrogen-bond acceptors (Lipinski definition) is 6. The zero-order chi connectivity index (χ0) is 16.4. The number of piperazine rings is 1. The Bertz CT molecular complexity index is 621. The van der Waals surface area contributed by atoms with Crippen LogP contribution < -0.4 is 11.1 Å². The van der Waals surface area contributed by atoms with E-state index in [2.05, 4.69) is 10.2 Å². The highest BCUT2D eigenvalue weighted by Gasteiger charge is 2.31. The number of carbonyl (C=O) groups is 1. The summed E-state index contributed by atoms with van der Waals surface area (Å²) in [5.74, 6) is -0.161. The number of nitrogens with zero attached hydrogens (tertiary/aromatic N) is 3. The lowest BCUT2D eigenvalue weighted by Gasteiger charge is -2.32. The molecule has 0 aromatic heterocycles. The van der Waals surface area contributed by atoms with Crippen molar-refractivity contribution < 1.29 is 9.72 Å². The van der Waals surface area contributed by atoms with Gasteiger partial charge in [0.15, 0.2) is 0 Å². The number of rotatable bonds is 3. The van der Waals surface area contributed by atoms with Crippen molar-refractivity contribution >= 4 is 29.7 Å². The second kappa shape index (κ2) is 7.78. The first kappa shape index (κ1) is 18.4. The van der Waals surface area contributed by atoms with E-state index in [0.717, 1.165) is 32.6 Å². The first-order valence-electron chi connectivity index (χ1n) is 7.84. The van der Waals surface area contributed by atoms with E-state index >= 15 is 0 Å². The van der Waals surface area contributed by atoms with E-state index in [0.29, 0.717) is 24.7 Å². The van der Waals surface area contributed by atoms with E-state index in [1.54, 1.807) is 11.0 Å². The molecule has 1 atom stereocenters. The Labute approximate surface area is 146 Å². The standard InChI is InChI=1S/C15H21N5O3.ClH/c16-13-2-1-11(9-14(13)20(22)23)15(21)19-6-3-12(10-19)18-7-4-17-5-8-18;/h1-2,9,12,17H,3-8,10,16H2;1H. The smallest absolute Gasteiger partial charge is 0.292 e. The van der Waals surface area contributed by atoms with Gasteiger partial charge in [0, 0.05) is 56.9 Å². The van der Waals surface area contributed by atoms with Gasteiger partial charge in [0.05, 0.1) is 4.92 Å². The molecule has 0 radical (unpaired) electrons. The number of hydrogen-bond donors (Lipinski definition) is 2. The number of nitrogens with two attached hydrogens (primary N) is 1. The van der Waals surface area contributed by atoms with Crippen LogP contribution in [0.2, 0.25) is 0 Å². The Morgan fingerprint density at radius 3 is 2.67 bits per heavy atom. The average Bonchev–Trinajstić information content (AvgIpc) is 3.05. The molecule has 2 aliphatic heterocycles. The van der Waals surface area contributed by atoms with Gasteiger partial charge in [0.25, 0.3) is 11.6 Å². The highest BCUT2D eigenvalue weighted by Crippen LogP contribution is 2.25. The summed E-state index contributed by atoms with van der Waals surface area (Å²) in [6, 6.07) is 4.64. The highest BCUT2D eigenvalue weighted by atomic mass is 35.5. The zero-order valence-electron chi connectivity index (χ0n) is 13.3. The summed E-state index contributed by atoms with van der Waals surface area (Å²) in [6.45, 7) is 5.33. The Morgan fingerprint density at radius 1 is 1.29 bits per heavy atom. The molecule has 1 amide bonds. The Hall–Kier alpha value is -1.90. The van der Waals surface area contributed by atoms with Gasteiger partial charge in [-0.25, -0.2) is 0 Å². The lowest BCUT2D eigenvalue weighted by molar-refractivity contribution is -0.383. The Morgan fingerprint density at radius 2 is 2.00 bits per heavy atom. The van der Waals surface area contributed by atoms with E-state index in [4.69, 9.17) is 5.73 Å². The summed E-state index contributed by atoms with van der Waals surface area (Å²) in [5, 5.41) is 14.3. The molecule has 0 spiro atoms. The van der Waals surface area contributed by atoms with Crippen molar-refractivity contribution in [1.29, 1.82) is 0 Å². The number of likely N-dealkylation sites (tertiary alicyclic amines) is 1. The van der Waals surface area contributed by atoms with Gasteiger partial charge in [-0.3, -0.25) is 19.8 Å². The minimum atomic E-state index is -0.556. The Balaban J connectivity index is 0.00000208. The van der Waals surface area contributed by atoms with Crippen molar-refractivity contribution in [2.24, 2.45) is 0 Å². The van der Waals surface area contributed by atoms with Crippen LogP contribution >= 0.6 is 12.4 Å². The van der Waals surface area contributed by atoms with Crippen LogP contribution in [0.5, 0.6) is 0 Å². The first-order valence-corrected chi connectivity index (χ1v) is 7.84. The van der Waals surface area contributed by atoms with Crippen LogP contribution in [0.1, 0.15) is 16.8 Å². The third-order valence-electron chi connectivity index (χ3n) is 4.59. The average molecular weight is 356 g/mol. The summed E-state index contributed by atoms with van der Waals surface area (Å²) in [7, 11) is 0. The fourth-order valence-electron chi connectivity index (χ4n) is 3.29. The van der Waals surface area contributed by atoms with Crippen molar-refractivity contribution in [3.8, 4) is 0 Å². The fraction of sp³-hybridized carbons (Fsp3) is 0.533. The molecule has 3 rings (SSSR count). The largest absolute Gasteiger partial charge is 0.393 e. The van der Waals surface area contributed by atoms with Crippen LogP contribution in [0.3, 0.4) is 0 Å². The van der Waals surface area contributed by atoms with E-state index < -0.39 is 4.92 Å². The number of benzene rings is 1. The third-order valence-corrected chi connectivity index (χ3v) is 4.59. The van der Waals surface area contributed by atoms with Gasteiger partial charge in [-0.2, -0.15) is 0 Å². The molecule has 2 fully saturated rings. The minimum Gasteiger partial charge on any atom is -0.393 e. The van der Waals surface area contributed by atoms with Gasteiger partial charge in [-0.15, -0.1) is 12.4 Å². The van der Waals surface area contributed by atoms with Crippen LogP contribution in [0, 0.1) is 10.1 Å². The molecule has 132 valence electrons. The molecule has 2 heterocycles. The molecule has 2 saturated heterocycles. The number of nitrogens with one attached hydrogen (secondary N) is 1.